The lowest BCUT2D eigenvalue weighted by Crippen LogP contribution is -2.44. The highest BCUT2D eigenvalue weighted by Crippen LogP contribution is 2.39. The Morgan fingerprint density at radius 2 is 1.72 bits per heavy atom. The summed E-state index contributed by atoms with van der Waals surface area (Å²) in [5.74, 6) is 3.52. The number of ether oxygens (including phenoxy) is 5. The molecule has 438 valence electrons. The second-order valence-corrected chi connectivity index (χ2v) is 21.7. The Bertz CT molecular complexity index is 3330. The number of rotatable bonds is 26. The molecule has 2 aliphatic heterocycles. The molecule has 0 fully saturated rings. The number of aryl methyl sites for hydroxylation is 1. The molecule has 25 heteroatoms. The third kappa shape index (κ3) is 18.1. The number of aldehydes is 1. The van der Waals surface area contributed by atoms with E-state index in [1.165, 1.54) is 11.8 Å². The number of cyclic esters (lactones) is 1. The van der Waals surface area contributed by atoms with Gasteiger partial charge in [0.2, 0.25) is 29.7 Å². The standard InChI is InChI=1S/C58H67N11O13S/c1-8-42-44-20-41(71)18-19-46(44)65-52-45(42)27-68(6)47(52)21-43-38(28-70)30-79-54(76)53(43)82-56(77)80-29-36-14-16-39(17-15-36)64-49(73)25-60-50(74)31-78-32-51(75)63-33-58(4,5)81-35-57(2,3)34-69-26-40(66-67-69)24-59-48(72)13-11-9-10-12-37-22-61-55(83-7)62-23-37/h14-23,26,28,53,71H,8-9,11,13,24-25,27,29-35H2,1-7H3,(H,59,72)(H,60,74)(H,63,75)(H,64,73)/b47-21-. The fraction of sp³-hybridized carbons (Fsp3) is 0.414. The van der Waals surface area contributed by atoms with E-state index in [1.807, 2.05) is 52.8 Å². The highest BCUT2D eigenvalue weighted by atomic mass is 32.2. The van der Waals surface area contributed by atoms with Crippen LogP contribution in [-0.4, -0.2) is 147 Å². The monoisotopic (exact) mass is 1160 g/mol. The van der Waals surface area contributed by atoms with Gasteiger partial charge in [-0.05, 0) is 80.5 Å². The number of phenols is 1. The summed E-state index contributed by atoms with van der Waals surface area (Å²) in [6.07, 6.45) is 8.51. The Morgan fingerprint density at radius 3 is 2.45 bits per heavy atom. The van der Waals surface area contributed by atoms with Crippen molar-refractivity contribution in [1.82, 2.24) is 50.8 Å². The fourth-order valence-electron chi connectivity index (χ4n) is 8.64. The maximum absolute atomic E-state index is 13.1. The highest BCUT2D eigenvalue weighted by Gasteiger charge is 2.37. The molecule has 83 heavy (non-hydrogen) atoms. The Kier molecular flexibility index (Phi) is 21.5. The van der Waals surface area contributed by atoms with Crippen LogP contribution in [-0.2, 0) is 85.1 Å². The molecule has 4 amide bonds. The number of phenolic OH excluding ortho intramolecular Hbond substituents is 1. The number of nitrogens with one attached hydrogen (secondary N) is 4. The van der Waals surface area contributed by atoms with Crippen molar-refractivity contribution in [2.45, 2.75) is 103 Å². The molecule has 0 bridgehead atoms. The van der Waals surface area contributed by atoms with Crippen LogP contribution in [0.15, 0.2) is 83.4 Å². The lowest BCUT2D eigenvalue weighted by Gasteiger charge is -2.32. The van der Waals surface area contributed by atoms with Gasteiger partial charge in [0.25, 0.3) is 0 Å². The average molecular weight is 1160 g/mol. The summed E-state index contributed by atoms with van der Waals surface area (Å²) in [6, 6.07) is 11.2. The van der Waals surface area contributed by atoms with Crippen molar-refractivity contribution < 1.29 is 62.4 Å². The van der Waals surface area contributed by atoms with Crippen molar-refractivity contribution in [2.75, 3.05) is 58.1 Å². The maximum Gasteiger partial charge on any atom is 0.509 e. The first-order valence-electron chi connectivity index (χ1n) is 26.6. The van der Waals surface area contributed by atoms with Crippen LogP contribution in [0.2, 0.25) is 0 Å². The molecule has 0 radical (unpaired) electrons. The number of aromatic nitrogens is 6. The van der Waals surface area contributed by atoms with Crippen molar-refractivity contribution in [3.63, 3.8) is 0 Å². The third-order valence-corrected chi connectivity index (χ3v) is 13.5. The molecule has 2 aliphatic rings. The van der Waals surface area contributed by atoms with E-state index in [1.54, 1.807) is 71.8 Å². The molecule has 24 nitrogen and oxygen atoms in total. The summed E-state index contributed by atoms with van der Waals surface area (Å²) in [6.45, 7) is 9.45. The van der Waals surface area contributed by atoms with Gasteiger partial charge in [0.1, 0.15) is 44.2 Å². The number of pyridine rings is 1. The predicted molar refractivity (Wildman–Crippen MR) is 303 cm³/mol. The van der Waals surface area contributed by atoms with E-state index in [-0.39, 0.29) is 54.5 Å². The fourth-order valence-corrected chi connectivity index (χ4v) is 8.95. The Hall–Kier alpha value is -8.73. The number of nitrogens with zero attached hydrogens (tertiary/aromatic N) is 7. The number of unbranched alkanes of at least 4 members (excludes halogenated alkanes) is 1. The molecular formula is C58H67N11O13S. The Labute approximate surface area is 483 Å². The van der Waals surface area contributed by atoms with E-state index in [0.29, 0.717) is 90.7 Å². The van der Waals surface area contributed by atoms with Crippen LogP contribution in [0.5, 0.6) is 5.75 Å². The first-order valence-corrected chi connectivity index (χ1v) is 27.8. The number of fused-ring (bicyclic) bond motifs is 2. The molecular weight excluding hydrogens is 1090 g/mol. The number of hydrogen-bond acceptors (Lipinski definition) is 20. The number of benzene rings is 2. The van der Waals surface area contributed by atoms with E-state index < -0.39 is 61.3 Å². The van der Waals surface area contributed by atoms with E-state index in [2.05, 4.69) is 53.4 Å². The summed E-state index contributed by atoms with van der Waals surface area (Å²) < 4.78 is 29.1. The van der Waals surface area contributed by atoms with Gasteiger partial charge in [0.05, 0.1) is 54.0 Å². The number of thioether (sulfide) groups is 1. The molecule has 0 saturated heterocycles. The molecule has 2 aromatic carbocycles. The van der Waals surface area contributed by atoms with E-state index in [4.69, 9.17) is 28.7 Å². The second-order valence-electron chi connectivity index (χ2n) is 20.9. The molecule has 3 aromatic heterocycles. The van der Waals surface area contributed by atoms with Gasteiger partial charge in [-0.15, -0.1) is 5.10 Å². The second kappa shape index (κ2) is 28.8. The SMILES string of the molecule is CCc1c2c(nc3ccc(O)cc13)/C(=C/C1=C(C=O)COC(=O)C1OC(=O)OCc1ccc(NC(=O)CNC(=O)COCC(=O)NCC(C)(C)OCC(C)(C)Cn3cc(CNC(=O)CCCC#Cc4cnc(SC)nc4)nn3)cc1)N(C)C2. The number of carbonyl (C=O) groups is 7. The Balaban J connectivity index is 0.757. The predicted octanol–water partition coefficient (Wildman–Crippen LogP) is 4.71. The quantitative estimate of drug-likeness (QED) is 0.0125. The van der Waals surface area contributed by atoms with Crippen LogP contribution in [0.25, 0.3) is 16.6 Å². The van der Waals surface area contributed by atoms with Crippen LogP contribution < -0.4 is 21.3 Å². The van der Waals surface area contributed by atoms with Gasteiger partial charge in [-0.3, -0.25) is 28.7 Å². The van der Waals surface area contributed by atoms with Crippen LogP contribution in [0.1, 0.15) is 87.5 Å². The zero-order valence-electron chi connectivity index (χ0n) is 47.3. The normalized spacial score (nSPS) is 14.5. The molecule has 0 spiro atoms. The third-order valence-electron chi connectivity index (χ3n) is 12.9. The first kappa shape index (κ1) is 61.9. The highest BCUT2D eigenvalue weighted by molar-refractivity contribution is 7.98. The van der Waals surface area contributed by atoms with E-state index >= 15 is 0 Å². The van der Waals surface area contributed by atoms with Gasteiger partial charge in [-0.2, -0.15) is 0 Å². The average Bonchev–Trinajstić information content (AvgIpc) is 2.50. The van der Waals surface area contributed by atoms with Gasteiger partial charge < -0.3 is 55.0 Å². The zero-order valence-corrected chi connectivity index (χ0v) is 48.1. The van der Waals surface area contributed by atoms with Crippen molar-refractivity contribution in [2.24, 2.45) is 5.41 Å². The van der Waals surface area contributed by atoms with Gasteiger partial charge >= 0.3 is 12.1 Å². The molecule has 5 N–H and O–H groups in total. The smallest absolute Gasteiger partial charge is 0.508 e. The van der Waals surface area contributed by atoms with Crippen LogP contribution in [0, 0.1) is 17.3 Å². The number of carbonyl (C=O) groups excluding carboxylic acids is 7. The molecule has 7 rings (SSSR count). The maximum atomic E-state index is 13.1. The largest absolute Gasteiger partial charge is 0.509 e. The summed E-state index contributed by atoms with van der Waals surface area (Å²) >= 11 is 1.46. The zero-order chi connectivity index (χ0) is 59.7. The number of anilines is 1. The van der Waals surface area contributed by atoms with Gasteiger partial charge in [0.15, 0.2) is 5.16 Å². The van der Waals surface area contributed by atoms with Crippen LogP contribution in [0.3, 0.4) is 0 Å². The minimum absolute atomic E-state index is 0.0963. The van der Waals surface area contributed by atoms with Gasteiger partial charge in [-0.1, -0.05) is 61.7 Å². The topological polar surface area (TPSA) is 307 Å². The number of amides is 4. The lowest BCUT2D eigenvalue weighted by molar-refractivity contribution is -0.153. The van der Waals surface area contributed by atoms with Crippen molar-refractivity contribution in [3.8, 4) is 17.6 Å². The van der Waals surface area contributed by atoms with Crippen molar-refractivity contribution in [1.29, 1.82) is 0 Å². The summed E-state index contributed by atoms with van der Waals surface area (Å²) in [5.41, 5.74) is 5.09. The van der Waals surface area contributed by atoms with E-state index in [9.17, 15) is 38.7 Å². The van der Waals surface area contributed by atoms with Crippen LogP contribution in [0.4, 0.5) is 10.5 Å². The summed E-state index contributed by atoms with van der Waals surface area (Å²) in [7, 11) is 1.84. The summed E-state index contributed by atoms with van der Waals surface area (Å²) in [5, 5.41) is 30.8. The lowest BCUT2D eigenvalue weighted by atomic mass is 9.94. The van der Waals surface area contributed by atoms with Crippen molar-refractivity contribution >= 4 is 76.1 Å². The molecule has 0 aliphatic carbocycles. The minimum atomic E-state index is -1.62. The van der Waals surface area contributed by atoms with Gasteiger partial charge in [0, 0.05) is 85.1 Å². The number of hydrogen-bond donors (Lipinski definition) is 5. The molecule has 1 unspecified atom stereocenters. The first-order chi connectivity index (χ1) is 39.7. The molecule has 5 aromatic rings. The van der Waals surface area contributed by atoms with Gasteiger partial charge in [-0.25, -0.2) is 24.5 Å². The summed E-state index contributed by atoms with van der Waals surface area (Å²) in [4.78, 5) is 104. The van der Waals surface area contributed by atoms with Crippen molar-refractivity contribution in [3.05, 3.63) is 112 Å². The minimum Gasteiger partial charge on any atom is -0.508 e. The number of esters is 1. The molecule has 1 atom stereocenters. The number of aromatic hydroxyl groups is 1. The van der Waals surface area contributed by atoms with E-state index in [0.717, 1.165) is 22.1 Å². The van der Waals surface area contributed by atoms with Crippen LogP contribution >= 0.6 is 11.8 Å². The molecule has 0 saturated carbocycles. The molecule has 5 heterocycles. The Morgan fingerprint density at radius 1 is 0.976 bits per heavy atom.